The standard InChI is InChI=1S/C22H23N5O2/c28-21(15-25-10-7-17-3-1-2-4-20(17)25)27-13-16-5-6-18(27)14-26(12-16)22(29)19-11-23-8-9-24-19/h1-4,7-11,16,18H,5-6,12-15H2/t16-,18+/m1/s1. The molecule has 1 aromatic carbocycles. The second-order valence-electron chi connectivity index (χ2n) is 7.95. The van der Waals surface area contributed by atoms with Crippen LogP contribution in [-0.2, 0) is 11.3 Å². The highest BCUT2D eigenvalue weighted by Gasteiger charge is 2.39. The molecule has 3 aromatic rings. The van der Waals surface area contributed by atoms with Gasteiger partial charge in [-0.2, -0.15) is 0 Å². The van der Waals surface area contributed by atoms with Gasteiger partial charge in [-0.3, -0.25) is 14.6 Å². The third kappa shape index (κ3) is 3.37. The quantitative estimate of drug-likeness (QED) is 0.689. The van der Waals surface area contributed by atoms with Gasteiger partial charge < -0.3 is 14.4 Å². The molecule has 2 atom stereocenters. The fraction of sp³-hybridized carbons (Fsp3) is 0.364. The van der Waals surface area contributed by atoms with E-state index in [1.54, 1.807) is 6.20 Å². The van der Waals surface area contributed by atoms with Crippen molar-refractivity contribution in [3.63, 3.8) is 0 Å². The summed E-state index contributed by atoms with van der Waals surface area (Å²) >= 11 is 0. The summed E-state index contributed by atoms with van der Waals surface area (Å²) in [5.41, 5.74) is 1.44. The molecule has 3 saturated heterocycles. The zero-order valence-corrected chi connectivity index (χ0v) is 16.1. The first-order valence-electron chi connectivity index (χ1n) is 10.1. The summed E-state index contributed by atoms with van der Waals surface area (Å²) in [4.78, 5) is 38.0. The number of benzene rings is 1. The number of nitrogens with zero attached hydrogens (tertiary/aromatic N) is 5. The van der Waals surface area contributed by atoms with Crippen molar-refractivity contribution < 1.29 is 9.59 Å². The van der Waals surface area contributed by atoms with Crippen LogP contribution < -0.4 is 0 Å². The van der Waals surface area contributed by atoms with Gasteiger partial charge in [-0.15, -0.1) is 0 Å². The van der Waals surface area contributed by atoms with Crippen molar-refractivity contribution in [3.8, 4) is 0 Å². The largest absolute Gasteiger partial charge is 0.338 e. The fourth-order valence-corrected chi connectivity index (χ4v) is 4.64. The molecule has 5 heterocycles. The molecule has 0 spiro atoms. The van der Waals surface area contributed by atoms with Crippen molar-refractivity contribution >= 4 is 22.7 Å². The van der Waals surface area contributed by atoms with E-state index in [-0.39, 0.29) is 17.9 Å². The average Bonchev–Trinajstić information content (AvgIpc) is 2.94. The van der Waals surface area contributed by atoms with Crippen LogP contribution in [-0.4, -0.2) is 61.8 Å². The van der Waals surface area contributed by atoms with E-state index >= 15 is 0 Å². The van der Waals surface area contributed by atoms with Gasteiger partial charge in [0.1, 0.15) is 12.2 Å². The summed E-state index contributed by atoms with van der Waals surface area (Å²) in [6.07, 6.45) is 8.57. The highest BCUT2D eigenvalue weighted by Crippen LogP contribution is 2.29. The first-order chi connectivity index (χ1) is 14.2. The molecule has 29 heavy (non-hydrogen) atoms. The lowest BCUT2D eigenvalue weighted by molar-refractivity contribution is -0.135. The topological polar surface area (TPSA) is 71.3 Å². The van der Waals surface area contributed by atoms with Crippen molar-refractivity contribution in [1.29, 1.82) is 0 Å². The van der Waals surface area contributed by atoms with E-state index in [0.717, 1.165) is 23.7 Å². The highest BCUT2D eigenvalue weighted by atomic mass is 16.2. The van der Waals surface area contributed by atoms with Gasteiger partial charge in [-0.05, 0) is 36.3 Å². The van der Waals surface area contributed by atoms with Crippen molar-refractivity contribution in [2.45, 2.75) is 25.4 Å². The monoisotopic (exact) mass is 389 g/mol. The molecular weight excluding hydrogens is 366 g/mol. The predicted octanol–water partition coefficient (Wildman–Crippen LogP) is 2.19. The first kappa shape index (κ1) is 17.8. The van der Waals surface area contributed by atoms with Gasteiger partial charge in [0.25, 0.3) is 5.91 Å². The van der Waals surface area contributed by atoms with Gasteiger partial charge in [0.05, 0.1) is 6.20 Å². The summed E-state index contributed by atoms with van der Waals surface area (Å²) in [6.45, 7) is 2.27. The Labute approximate surface area is 169 Å². The van der Waals surface area contributed by atoms with E-state index < -0.39 is 0 Å². The highest BCUT2D eigenvalue weighted by molar-refractivity contribution is 5.92. The first-order valence-corrected chi connectivity index (χ1v) is 10.1. The predicted molar refractivity (Wildman–Crippen MR) is 108 cm³/mol. The molecule has 0 aliphatic carbocycles. The number of rotatable bonds is 3. The number of piperidine rings is 1. The van der Waals surface area contributed by atoms with E-state index in [1.807, 2.05) is 44.8 Å². The zero-order valence-electron chi connectivity index (χ0n) is 16.1. The minimum absolute atomic E-state index is 0.0590. The smallest absolute Gasteiger partial charge is 0.274 e. The van der Waals surface area contributed by atoms with Crippen LogP contribution in [0.1, 0.15) is 23.3 Å². The Morgan fingerprint density at radius 2 is 1.93 bits per heavy atom. The Bertz CT molecular complexity index is 1050. The molecule has 7 heteroatoms. The van der Waals surface area contributed by atoms with Crippen LogP contribution in [0.2, 0.25) is 0 Å². The van der Waals surface area contributed by atoms with E-state index in [0.29, 0.717) is 37.8 Å². The van der Waals surface area contributed by atoms with Gasteiger partial charge in [0, 0.05) is 49.8 Å². The van der Waals surface area contributed by atoms with Crippen LogP contribution >= 0.6 is 0 Å². The Morgan fingerprint density at radius 1 is 1.03 bits per heavy atom. The maximum absolute atomic E-state index is 13.2. The van der Waals surface area contributed by atoms with Crippen LogP contribution in [0.3, 0.4) is 0 Å². The lowest BCUT2D eigenvalue weighted by atomic mass is 9.95. The second-order valence-corrected chi connectivity index (χ2v) is 7.95. The van der Waals surface area contributed by atoms with E-state index in [2.05, 4.69) is 16.0 Å². The summed E-state index contributed by atoms with van der Waals surface area (Å²) in [7, 11) is 0. The summed E-state index contributed by atoms with van der Waals surface area (Å²) in [5.74, 6) is 0.329. The minimum atomic E-state index is -0.0966. The lowest BCUT2D eigenvalue weighted by Gasteiger charge is -2.36. The van der Waals surface area contributed by atoms with Crippen LogP contribution in [0.25, 0.3) is 10.9 Å². The van der Waals surface area contributed by atoms with Crippen LogP contribution in [0.5, 0.6) is 0 Å². The Balaban J connectivity index is 1.33. The minimum Gasteiger partial charge on any atom is -0.338 e. The number of carbonyl (C=O) groups is 2. The normalized spacial score (nSPS) is 21.4. The summed E-state index contributed by atoms with van der Waals surface area (Å²) < 4.78 is 2.01. The molecule has 3 fully saturated rings. The van der Waals surface area contributed by atoms with E-state index in [4.69, 9.17) is 0 Å². The molecule has 3 aliphatic rings. The van der Waals surface area contributed by atoms with Gasteiger partial charge >= 0.3 is 0 Å². The molecule has 0 saturated carbocycles. The summed E-state index contributed by atoms with van der Waals surface area (Å²) in [6, 6.07) is 10.2. The average molecular weight is 389 g/mol. The van der Waals surface area contributed by atoms with Crippen LogP contribution in [0.15, 0.2) is 55.1 Å². The molecule has 2 amide bonds. The van der Waals surface area contributed by atoms with Gasteiger partial charge in [-0.25, -0.2) is 4.98 Å². The maximum atomic E-state index is 13.2. The van der Waals surface area contributed by atoms with E-state index in [9.17, 15) is 9.59 Å². The number of fused-ring (bicyclic) bond motifs is 5. The Morgan fingerprint density at radius 3 is 2.79 bits per heavy atom. The number of carbonyl (C=O) groups excluding carboxylic acids is 2. The third-order valence-electron chi connectivity index (χ3n) is 6.09. The Kier molecular flexibility index (Phi) is 4.50. The molecule has 0 N–H and O–H groups in total. The molecule has 2 bridgehead atoms. The van der Waals surface area contributed by atoms with Gasteiger partial charge in [0.2, 0.25) is 5.91 Å². The number of aromatic nitrogens is 3. The SMILES string of the molecule is O=C(c1cnccn1)N1C[C@H]2CC[C@@H](C1)N(C(=O)Cn1ccc3ccccc31)C2. The molecule has 3 aliphatic heterocycles. The van der Waals surface area contributed by atoms with Crippen LogP contribution in [0.4, 0.5) is 0 Å². The molecular formula is C22H23N5O2. The van der Waals surface area contributed by atoms with Gasteiger partial charge in [0.15, 0.2) is 0 Å². The van der Waals surface area contributed by atoms with Crippen LogP contribution in [0, 0.1) is 5.92 Å². The molecule has 148 valence electrons. The van der Waals surface area contributed by atoms with Crippen molar-refractivity contribution in [2.75, 3.05) is 19.6 Å². The molecule has 7 nitrogen and oxygen atoms in total. The number of hydrogen-bond acceptors (Lipinski definition) is 4. The third-order valence-corrected chi connectivity index (χ3v) is 6.09. The maximum Gasteiger partial charge on any atom is 0.274 e. The summed E-state index contributed by atoms with van der Waals surface area (Å²) in [5, 5.41) is 1.14. The number of hydrogen-bond donors (Lipinski definition) is 0. The molecule has 6 rings (SSSR count). The van der Waals surface area contributed by atoms with E-state index in [1.165, 1.54) is 12.4 Å². The fourth-order valence-electron chi connectivity index (χ4n) is 4.64. The lowest BCUT2D eigenvalue weighted by Crippen LogP contribution is -2.48. The number of amides is 2. The van der Waals surface area contributed by atoms with Crippen molar-refractivity contribution in [3.05, 3.63) is 60.8 Å². The van der Waals surface area contributed by atoms with Crippen molar-refractivity contribution in [1.82, 2.24) is 24.3 Å². The molecule has 0 unspecified atom stereocenters. The molecule has 2 aromatic heterocycles. The Hall–Kier alpha value is -3.22. The zero-order chi connectivity index (χ0) is 19.8. The number of para-hydroxylation sites is 1. The second kappa shape index (κ2) is 7.31. The molecule has 0 radical (unpaired) electrons. The van der Waals surface area contributed by atoms with Crippen molar-refractivity contribution in [2.24, 2.45) is 5.92 Å². The van der Waals surface area contributed by atoms with Gasteiger partial charge in [-0.1, -0.05) is 18.2 Å².